The first-order valence-corrected chi connectivity index (χ1v) is 13.0. The minimum Gasteiger partial charge on any atom is -0.497 e. The van der Waals surface area contributed by atoms with Gasteiger partial charge in [0.15, 0.2) is 10.7 Å². The number of hydrogen-bond acceptors (Lipinski definition) is 8. The van der Waals surface area contributed by atoms with E-state index in [1.54, 1.807) is 31.6 Å². The van der Waals surface area contributed by atoms with Crippen LogP contribution < -0.4 is 24.5 Å². The van der Waals surface area contributed by atoms with Gasteiger partial charge in [0.05, 0.1) is 35.6 Å². The Morgan fingerprint density at radius 3 is 2.78 bits per heavy atom. The molecule has 1 atom stereocenters. The number of fused-ring (bicyclic) bond motifs is 1. The SMILES string of the molecule is CCOC(=O)C1=C(C)N=c2sc(=Cc3ccc(N4CCCCC4)o3)c(=O)n2C1c1cccc(OC)c1. The van der Waals surface area contributed by atoms with Crippen molar-refractivity contribution < 1.29 is 18.7 Å². The molecule has 0 radical (unpaired) electrons. The first kappa shape index (κ1) is 24.1. The molecular weight excluding hydrogens is 478 g/mol. The molecule has 0 spiro atoms. The molecule has 0 N–H and O–H groups in total. The Hall–Kier alpha value is -3.59. The van der Waals surface area contributed by atoms with Crippen LogP contribution in [-0.2, 0) is 9.53 Å². The highest BCUT2D eigenvalue weighted by Crippen LogP contribution is 2.32. The first-order valence-electron chi connectivity index (χ1n) is 12.2. The fraction of sp³-hybridized carbons (Fsp3) is 0.370. The third kappa shape index (κ3) is 4.51. The number of esters is 1. The zero-order valence-corrected chi connectivity index (χ0v) is 21.5. The molecule has 1 unspecified atom stereocenters. The summed E-state index contributed by atoms with van der Waals surface area (Å²) < 4.78 is 18.9. The van der Waals surface area contributed by atoms with E-state index in [1.807, 2.05) is 36.4 Å². The summed E-state index contributed by atoms with van der Waals surface area (Å²) in [6, 6.07) is 10.5. The van der Waals surface area contributed by atoms with E-state index < -0.39 is 12.0 Å². The third-order valence-electron chi connectivity index (χ3n) is 6.48. The van der Waals surface area contributed by atoms with Crippen LogP contribution in [0, 0.1) is 0 Å². The number of rotatable bonds is 6. The summed E-state index contributed by atoms with van der Waals surface area (Å²) in [5.41, 5.74) is 1.37. The maximum atomic E-state index is 13.7. The molecule has 0 bridgehead atoms. The van der Waals surface area contributed by atoms with E-state index in [2.05, 4.69) is 9.89 Å². The summed E-state index contributed by atoms with van der Waals surface area (Å²) in [4.78, 5) is 34.1. The monoisotopic (exact) mass is 507 g/mol. The van der Waals surface area contributed by atoms with E-state index in [0.29, 0.717) is 32.1 Å². The fourth-order valence-corrected chi connectivity index (χ4v) is 5.78. The van der Waals surface area contributed by atoms with Crippen molar-refractivity contribution in [1.82, 2.24) is 4.57 Å². The Morgan fingerprint density at radius 1 is 1.22 bits per heavy atom. The highest BCUT2D eigenvalue weighted by molar-refractivity contribution is 7.07. The van der Waals surface area contributed by atoms with Gasteiger partial charge >= 0.3 is 5.97 Å². The van der Waals surface area contributed by atoms with Crippen molar-refractivity contribution in [1.29, 1.82) is 0 Å². The molecule has 2 aliphatic heterocycles. The molecule has 2 aromatic heterocycles. The number of methoxy groups -OCH3 is 1. The quantitative estimate of drug-likeness (QED) is 0.476. The molecule has 36 heavy (non-hydrogen) atoms. The Morgan fingerprint density at radius 2 is 2.03 bits per heavy atom. The molecule has 0 saturated carbocycles. The molecule has 9 heteroatoms. The van der Waals surface area contributed by atoms with Crippen LogP contribution in [0.15, 0.2) is 61.9 Å². The minimum absolute atomic E-state index is 0.225. The number of ether oxygens (including phenoxy) is 2. The number of allylic oxidation sites excluding steroid dienone is 1. The number of hydrogen-bond donors (Lipinski definition) is 0. The van der Waals surface area contributed by atoms with Gasteiger partial charge in [-0.05, 0) is 56.9 Å². The number of thiazole rings is 1. The summed E-state index contributed by atoms with van der Waals surface area (Å²) in [7, 11) is 1.58. The van der Waals surface area contributed by atoms with Gasteiger partial charge in [0.25, 0.3) is 5.56 Å². The molecule has 188 valence electrons. The second-order valence-electron chi connectivity index (χ2n) is 8.80. The van der Waals surface area contributed by atoms with Gasteiger partial charge in [0.2, 0.25) is 0 Å². The second kappa shape index (κ2) is 10.2. The fourth-order valence-electron chi connectivity index (χ4n) is 4.75. The van der Waals surface area contributed by atoms with E-state index in [-0.39, 0.29) is 12.2 Å². The summed E-state index contributed by atoms with van der Waals surface area (Å²) in [6.45, 7) is 5.71. The molecule has 1 aromatic carbocycles. The molecule has 0 amide bonds. The van der Waals surface area contributed by atoms with Gasteiger partial charge in [-0.15, -0.1) is 0 Å². The summed E-state index contributed by atoms with van der Waals surface area (Å²) >= 11 is 1.28. The highest BCUT2D eigenvalue weighted by Gasteiger charge is 2.33. The lowest BCUT2D eigenvalue weighted by atomic mass is 9.95. The van der Waals surface area contributed by atoms with Crippen molar-refractivity contribution in [2.75, 3.05) is 31.7 Å². The number of anilines is 1. The molecule has 1 fully saturated rings. The predicted molar refractivity (Wildman–Crippen MR) is 138 cm³/mol. The van der Waals surface area contributed by atoms with E-state index in [1.165, 1.54) is 17.8 Å². The van der Waals surface area contributed by atoms with Crippen LogP contribution in [0.2, 0.25) is 0 Å². The van der Waals surface area contributed by atoms with Crippen LogP contribution in [0.25, 0.3) is 6.08 Å². The largest absolute Gasteiger partial charge is 0.497 e. The molecule has 2 aliphatic rings. The van der Waals surface area contributed by atoms with Crippen LogP contribution in [0.3, 0.4) is 0 Å². The lowest BCUT2D eigenvalue weighted by molar-refractivity contribution is -0.139. The third-order valence-corrected chi connectivity index (χ3v) is 7.46. The standard InChI is InChI=1S/C27H29N3O5S/c1-4-34-26(32)23-17(2)28-27-30(24(23)18-9-8-10-19(15-18)33-3)25(31)21(36-27)16-20-11-12-22(35-20)29-13-6-5-7-14-29/h8-12,15-16,24H,4-7,13-14H2,1-3H3. The lowest BCUT2D eigenvalue weighted by Crippen LogP contribution is -2.39. The van der Waals surface area contributed by atoms with Crippen molar-refractivity contribution in [2.24, 2.45) is 4.99 Å². The number of carbonyl (C=O) groups excluding carboxylic acids is 1. The van der Waals surface area contributed by atoms with Crippen molar-refractivity contribution in [3.05, 3.63) is 78.7 Å². The van der Waals surface area contributed by atoms with Gasteiger partial charge in [-0.25, -0.2) is 9.79 Å². The maximum absolute atomic E-state index is 13.7. The molecule has 5 rings (SSSR count). The molecular formula is C27H29N3O5S. The number of piperidine rings is 1. The smallest absolute Gasteiger partial charge is 0.338 e. The van der Waals surface area contributed by atoms with Gasteiger partial charge in [-0.2, -0.15) is 0 Å². The van der Waals surface area contributed by atoms with Crippen LogP contribution >= 0.6 is 11.3 Å². The number of furan rings is 1. The average molecular weight is 508 g/mol. The minimum atomic E-state index is -0.682. The normalized spacial score (nSPS) is 18.1. The maximum Gasteiger partial charge on any atom is 0.338 e. The highest BCUT2D eigenvalue weighted by atomic mass is 32.1. The van der Waals surface area contributed by atoms with Crippen LogP contribution in [-0.4, -0.2) is 37.3 Å². The van der Waals surface area contributed by atoms with Crippen LogP contribution in [0.4, 0.5) is 5.88 Å². The van der Waals surface area contributed by atoms with Gasteiger partial charge < -0.3 is 18.8 Å². The topological polar surface area (TPSA) is 86.3 Å². The van der Waals surface area contributed by atoms with E-state index in [4.69, 9.17) is 13.9 Å². The molecule has 4 heterocycles. The molecule has 0 aliphatic carbocycles. The van der Waals surface area contributed by atoms with E-state index in [9.17, 15) is 9.59 Å². The Balaban J connectivity index is 1.62. The van der Waals surface area contributed by atoms with Crippen LogP contribution in [0.1, 0.15) is 50.5 Å². The van der Waals surface area contributed by atoms with E-state index >= 15 is 0 Å². The van der Waals surface area contributed by atoms with Crippen LogP contribution in [0.5, 0.6) is 5.75 Å². The zero-order valence-electron chi connectivity index (χ0n) is 20.7. The Labute approximate surface area is 212 Å². The van der Waals surface area contributed by atoms with Crippen molar-refractivity contribution >= 4 is 29.3 Å². The summed E-state index contributed by atoms with van der Waals surface area (Å²) in [6.07, 6.45) is 5.30. The second-order valence-corrected chi connectivity index (χ2v) is 9.81. The van der Waals surface area contributed by atoms with Gasteiger partial charge in [0.1, 0.15) is 11.5 Å². The number of carbonyl (C=O) groups is 1. The average Bonchev–Trinajstić information content (AvgIpc) is 3.48. The van der Waals surface area contributed by atoms with Gasteiger partial charge in [-0.3, -0.25) is 9.36 Å². The molecule has 1 saturated heterocycles. The molecule has 3 aromatic rings. The van der Waals surface area contributed by atoms with Crippen molar-refractivity contribution in [3.63, 3.8) is 0 Å². The van der Waals surface area contributed by atoms with Crippen molar-refractivity contribution in [3.8, 4) is 5.75 Å². The number of aromatic nitrogens is 1. The first-order chi connectivity index (χ1) is 17.5. The van der Waals surface area contributed by atoms with E-state index in [0.717, 1.165) is 37.4 Å². The van der Waals surface area contributed by atoms with Gasteiger partial charge in [0, 0.05) is 25.2 Å². The zero-order chi connectivity index (χ0) is 25.2. The Bertz CT molecular complexity index is 1490. The van der Waals surface area contributed by atoms with Crippen molar-refractivity contribution in [2.45, 2.75) is 39.2 Å². The lowest BCUT2D eigenvalue weighted by Gasteiger charge is -2.25. The number of benzene rings is 1. The molecule has 8 nitrogen and oxygen atoms in total. The summed E-state index contributed by atoms with van der Waals surface area (Å²) in [5, 5.41) is 0. The summed E-state index contributed by atoms with van der Waals surface area (Å²) in [5.74, 6) is 1.58. The Kier molecular flexibility index (Phi) is 6.82. The van der Waals surface area contributed by atoms with Gasteiger partial charge in [-0.1, -0.05) is 23.5 Å². The number of nitrogens with zero attached hydrogens (tertiary/aromatic N) is 3. The predicted octanol–water partition coefficient (Wildman–Crippen LogP) is 3.39.